The molecule has 0 saturated heterocycles. The van der Waals surface area contributed by atoms with E-state index in [1.54, 1.807) is 12.1 Å². The van der Waals surface area contributed by atoms with Crippen LogP contribution in [0.4, 0.5) is 0 Å². The molecule has 0 unspecified atom stereocenters. The Bertz CT molecular complexity index is 790. The van der Waals surface area contributed by atoms with Gasteiger partial charge in [-0.15, -0.1) is 0 Å². The van der Waals surface area contributed by atoms with Crippen LogP contribution in [0.15, 0.2) is 36.4 Å². The fraction of sp³-hybridized carbons (Fsp3) is 0.300. The van der Waals surface area contributed by atoms with Crippen molar-refractivity contribution in [2.75, 3.05) is 0 Å². The van der Waals surface area contributed by atoms with Crippen LogP contribution in [-0.2, 0) is 5.41 Å². The second-order valence-corrected chi connectivity index (χ2v) is 7.00. The normalized spacial score (nSPS) is 11.5. The van der Waals surface area contributed by atoms with Crippen LogP contribution in [0.5, 0.6) is 11.5 Å². The van der Waals surface area contributed by atoms with Crippen LogP contribution in [0.1, 0.15) is 59.0 Å². The first-order valence-corrected chi connectivity index (χ1v) is 8.20. The van der Waals surface area contributed by atoms with Gasteiger partial charge in [0, 0.05) is 5.41 Å². The molecule has 4 N–H and O–H groups in total. The van der Waals surface area contributed by atoms with Gasteiger partial charge in [0.1, 0.15) is 22.6 Å². The van der Waals surface area contributed by atoms with Crippen molar-refractivity contribution < 1.29 is 30.0 Å². The highest BCUT2D eigenvalue weighted by Gasteiger charge is 2.32. The molecule has 0 aliphatic heterocycles. The Morgan fingerprint density at radius 3 is 1.58 bits per heavy atom. The van der Waals surface area contributed by atoms with Crippen LogP contribution >= 0.6 is 0 Å². The Morgan fingerprint density at radius 1 is 0.885 bits per heavy atom. The molecular formula is C20H22O6. The van der Waals surface area contributed by atoms with Gasteiger partial charge in [0.2, 0.25) is 0 Å². The second kappa shape index (κ2) is 7.07. The van der Waals surface area contributed by atoms with E-state index in [4.69, 9.17) is 0 Å². The van der Waals surface area contributed by atoms with Crippen molar-refractivity contribution in [2.24, 2.45) is 5.92 Å². The zero-order valence-corrected chi connectivity index (χ0v) is 14.9. The minimum absolute atomic E-state index is 0.213. The van der Waals surface area contributed by atoms with Crippen molar-refractivity contribution in [1.82, 2.24) is 0 Å². The summed E-state index contributed by atoms with van der Waals surface area (Å²) in [5, 5.41) is 38.2. The predicted octanol–water partition coefficient (Wildman–Crippen LogP) is 3.85. The Hall–Kier alpha value is -3.02. The topological polar surface area (TPSA) is 115 Å². The summed E-state index contributed by atoms with van der Waals surface area (Å²) >= 11 is 0. The highest BCUT2D eigenvalue weighted by molar-refractivity contribution is 5.92. The van der Waals surface area contributed by atoms with Crippen molar-refractivity contribution in [1.29, 1.82) is 0 Å². The summed E-state index contributed by atoms with van der Waals surface area (Å²) in [5.41, 5.74) is 0.153. The fourth-order valence-corrected chi connectivity index (χ4v) is 3.32. The van der Waals surface area contributed by atoms with Crippen LogP contribution in [0.25, 0.3) is 0 Å². The maximum atomic E-state index is 11.4. The first-order chi connectivity index (χ1) is 12.1. The minimum Gasteiger partial charge on any atom is -0.507 e. The van der Waals surface area contributed by atoms with Crippen LogP contribution < -0.4 is 0 Å². The quantitative estimate of drug-likeness (QED) is 0.623. The van der Waals surface area contributed by atoms with Crippen LogP contribution in [0.2, 0.25) is 0 Å². The summed E-state index contributed by atoms with van der Waals surface area (Å²) in [7, 11) is 0. The van der Waals surface area contributed by atoms with Gasteiger partial charge in [0.25, 0.3) is 0 Å². The Balaban J connectivity index is 2.70. The van der Waals surface area contributed by atoms with Crippen molar-refractivity contribution >= 4 is 11.9 Å². The standard InChI is InChI=1S/C20H22O6/c1-11(2)10-20(3,12-4-6-16(21)14(8-12)18(23)24)13-5-7-17(22)15(9-13)19(25)26/h4-9,11,21-22H,10H2,1-3H3,(H,23,24)(H,25,26). The number of aromatic hydroxyl groups is 2. The van der Waals surface area contributed by atoms with Crippen molar-refractivity contribution in [3.63, 3.8) is 0 Å². The van der Waals surface area contributed by atoms with Gasteiger partial charge in [-0.05, 0) is 47.7 Å². The molecule has 0 heterocycles. The third-order valence-corrected chi connectivity index (χ3v) is 4.54. The first kappa shape index (κ1) is 19.3. The van der Waals surface area contributed by atoms with Crippen molar-refractivity contribution in [2.45, 2.75) is 32.6 Å². The Kier molecular flexibility index (Phi) is 5.25. The SMILES string of the molecule is CC(C)CC(C)(c1ccc(O)c(C(=O)O)c1)c1ccc(O)c(C(=O)O)c1. The molecule has 0 radical (unpaired) electrons. The van der Waals surface area contributed by atoms with Crippen molar-refractivity contribution in [3.05, 3.63) is 58.7 Å². The van der Waals surface area contributed by atoms with E-state index in [0.29, 0.717) is 17.5 Å². The van der Waals surface area contributed by atoms with Gasteiger partial charge in [-0.3, -0.25) is 0 Å². The molecule has 6 heteroatoms. The summed E-state index contributed by atoms with van der Waals surface area (Å²) in [4.78, 5) is 22.8. The van der Waals surface area contributed by atoms with E-state index in [0.717, 1.165) is 0 Å². The number of carbonyl (C=O) groups is 2. The smallest absolute Gasteiger partial charge is 0.339 e. The lowest BCUT2D eigenvalue weighted by Gasteiger charge is -2.33. The lowest BCUT2D eigenvalue weighted by molar-refractivity contribution is 0.0682. The third kappa shape index (κ3) is 3.64. The maximum Gasteiger partial charge on any atom is 0.339 e. The molecule has 26 heavy (non-hydrogen) atoms. The molecule has 6 nitrogen and oxygen atoms in total. The van der Waals surface area contributed by atoms with Gasteiger partial charge in [0.05, 0.1) is 0 Å². The summed E-state index contributed by atoms with van der Waals surface area (Å²) in [5.74, 6) is -2.92. The van der Waals surface area contributed by atoms with Gasteiger partial charge < -0.3 is 20.4 Å². The molecule has 0 amide bonds. The number of carboxylic acid groups (broad SMARTS) is 2. The number of aromatic carboxylic acids is 2. The zero-order valence-electron chi connectivity index (χ0n) is 14.9. The highest BCUT2D eigenvalue weighted by atomic mass is 16.4. The molecule has 0 atom stereocenters. The lowest BCUT2D eigenvalue weighted by Crippen LogP contribution is -2.26. The van der Waals surface area contributed by atoms with Crippen LogP contribution in [0, 0.1) is 5.92 Å². The zero-order chi connectivity index (χ0) is 19.6. The largest absolute Gasteiger partial charge is 0.507 e. The molecule has 2 rings (SSSR count). The molecule has 0 aliphatic rings. The highest BCUT2D eigenvalue weighted by Crippen LogP contribution is 2.40. The predicted molar refractivity (Wildman–Crippen MR) is 96.0 cm³/mol. The number of hydrogen-bond donors (Lipinski definition) is 4. The number of rotatable bonds is 6. The van der Waals surface area contributed by atoms with Crippen molar-refractivity contribution in [3.8, 4) is 11.5 Å². The van der Waals surface area contributed by atoms with E-state index >= 15 is 0 Å². The third-order valence-electron chi connectivity index (χ3n) is 4.54. The number of phenols is 2. The van der Waals surface area contributed by atoms with Crippen LogP contribution in [-0.4, -0.2) is 32.4 Å². The molecular weight excluding hydrogens is 336 g/mol. The minimum atomic E-state index is -1.24. The molecule has 2 aromatic carbocycles. The van der Waals surface area contributed by atoms with Gasteiger partial charge in [-0.1, -0.05) is 32.9 Å². The molecule has 0 spiro atoms. The van der Waals surface area contributed by atoms with E-state index in [1.807, 2.05) is 20.8 Å². The average molecular weight is 358 g/mol. The summed E-state index contributed by atoms with van der Waals surface area (Å²) in [6.07, 6.45) is 0.612. The summed E-state index contributed by atoms with van der Waals surface area (Å²) in [6.45, 7) is 5.91. The van der Waals surface area contributed by atoms with E-state index < -0.39 is 17.4 Å². The number of benzene rings is 2. The Labute approximate surface area is 151 Å². The summed E-state index contributed by atoms with van der Waals surface area (Å²) in [6, 6.07) is 8.75. The molecule has 0 bridgehead atoms. The van der Waals surface area contributed by atoms with E-state index in [9.17, 15) is 30.0 Å². The molecule has 138 valence electrons. The van der Waals surface area contributed by atoms with Gasteiger partial charge in [-0.2, -0.15) is 0 Å². The number of carboxylic acids is 2. The van der Waals surface area contributed by atoms with Gasteiger partial charge >= 0.3 is 11.9 Å². The van der Waals surface area contributed by atoms with E-state index in [1.165, 1.54) is 24.3 Å². The maximum absolute atomic E-state index is 11.4. The molecule has 0 fully saturated rings. The second-order valence-electron chi connectivity index (χ2n) is 7.00. The fourth-order valence-electron chi connectivity index (χ4n) is 3.32. The van der Waals surface area contributed by atoms with Gasteiger partial charge in [0.15, 0.2) is 0 Å². The number of hydrogen-bond acceptors (Lipinski definition) is 4. The Morgan fingerprint density at radius 2 is 1.27 bits per heavy atom. The lowest BCUT2D eigenvalue weighted by atomic mass is 9.70. The van der Waals surface area contributed by atoms with Crippen LogP contribution in [0.3, 0.4) is 0 Å². The molecule has 2 aromatic rings. The molecule has 0 aromatic heterocycles. The molecule has 0 saturated carbocycles. The monoisotopic (exact) mass is 358 g/mol. The van der Waals surface area contributed by atoms with Gasteiger partial charge in [-0.25, -0.2) is 9.59 Å². The van der Waals surface area contributed by atoms with E-state index in [2.05, 4.69) is 0 Å². The average Bonchev–Trinajstić information content (AvgIpc) is 2.54. The van der Waals surface area contributed by atoms with E-state index in [-0.39, 0.29) is 28.5 Å². The molecule has 0 aliphatic carbocycles. The summed E-state index contributed by atoms with van der Waals surface area (Å²) < 4.78 is 0. The first-order valence-electron chi connectivity index (χ1n) is 8.20.